The van der Waals surface area contributed by atoms with Gasteiger partial charge in [0.15, 0.2) is 11.4 Å². The van der Waals surface area contributed by atoms with Crippen molar-refractivity contribution in [3.05, 3.63) is 142 Å². The molecule has 6 heteroatoms. The molecule has 38 heavy (non-hydrogen) atoms. The van der Waals surface area contributed by atoms with E-state index in [1.807, 2.05) is 86.7 Å². The molecule has 0 aliphatic carbocycles. The number of benzene rings is 3. The normalized spacial score (nSPS) is 17.9. The van der Waals surface area contributed by atoms with Crippen molar-refractivity contribution in [1.82, 2.24) is 0 Å². The average molecular weight is 501 g/mol. The van der Waals surface area contributed by atoms with Gasteiger partial charge in [0.1, 0.15) is 0 Å². The van der Waals surface area contributed by atoms with E-state index in [0.717, 1.165) is 22.3 Å². The number of carbonyl (C=O) groups is 2. The highest BCUT2D eigenvalue weighted by atomic mass is 16.6. The lowest BCUT2D eigenvalue weighted by Crippen LogP contribution is -2.08. The summed E-state index contributed by atoms with van der Waals surface area (Å²) in [5, 5.41) is 0. The monoisotopic (exact) mass is 500 g/mol. The molecule has 0 N–H and O–H groups in total. The van der Waals surface area contributed by atoms with Crippen LogP contribution in [0.1, 0.15) is 36.1 Å². The molecular formula is C32H24N2O4. The van der Waals surface area contributed by atoms with E-state index in [1.165, 1.54) is 0 Å². The van der Waals surface area contributed by atoms with E-state index >= 15 is 0 Å². The molecule has 0 spiro atoms. The highest BCUT2D eigenvalue weighted by molar-refractivity contribution is 6.13. The third kappa shape index (κ3) is 5.82. The van der Waals surface area contributed by atoms with Crippen molar-refractivity contribution in [3.63, 3.8) is 0 Å². The molecule has 2 aliphatic heterocycles. The molecule has 0 aromatic heterocycles. The Kier molecular flexibility index (Phi) is 7.04. The van der Waals surface area contributed by atoms with Gasteiger partial charge < -0.3 is 9.47 Å². The first-order valence-electron chi connectivity index (χ1n) is 12.1. The molecular weight excluding hydrogens is 476 g/mol. The molecule has 0 amide bonds. The summed E-state index contributed by atoms with van der Waals surface area (Å²) >= 11 is 0. The molecule has 0 unspecified atom stereocenters. The van der Waals surface area contributed by atoms with Crippen molar-refractivity contribution in [2.75, 3.05) is 0 Å². The van der Waals surface area contributed by atoms with Gasteiger partial charge in [-0.15, -0.1) is 0 Å². The summed E-state index contributed by atoms with van der Waals surface area (Å²) in [6.45, 7) is 3.81. The van der Waals surface area contributed by atoms with E-state index in [9.17, 15) is 9.59 Å². The van der Waals surface area contributed by atoms with Crippen molar-refractivity contribution in [2.45, 2.75) is 13.8 Å². The second kappa shape index (κ2) is 10.9. The number of cyclic esters (lactones) is 2. The second-order valence-electron chi connectivity index (χ2n) is 8.85. The Bertz CT molecular complexity index is 1450. The fourth-order valence-corrected chi connectivity index (χ4v) is 3.96. The van der Waals surface area contributed by atoms with Gasteiger partial charge in [0.05, 0.1) is 0 Å². The maximum Gasteiger partial charge on any atom is 0.363 e. The van der Waals surface area contributed by atoms with Gasteiger partial charge in [-0.1, -0.05) is 72.8 Å². The highest BCUT2D eigenvalue weighted by Crippen LogP contribution is 2.22. The molecule has 2 aliphatic rings. The fraction of sp³-hybridized carbons (Fsp3) is 0.0625. The Morgan fingerprint density at radius 1 is 0.579 bits per heavy atom. The van der Waals surface area contributed by atoms with E-state index in [-0.39, 0.29) is 23.2 Å². The van der Waals surface area contributed by atoms with Gasteiger partial charge in [-0.3, -0.25) is 0 Å². The summed E-state index contributed by atoms with van der Waals surface area (Å²) in [5.41, 5.74) is 5.53. The van der Waals surface area contributed by atoms with Crippen LogP contribution in [0, 0.1) is 0 Å². The van der Waals surface area contributed by atoms with Crippen LogP contribution in [-0.4, -0.2) is 23.7 Å². The minimum atomic E-state index is -0.507. The predicted octanol–water partition coefficient (Wildman–Crippen LogP) is 6.27. The molecule has 0 bridgehead atoms. The molecule has 6 nitrogen and oxygen atoms in total. The van der Waals surface area contributed by atoms with E-state index in [1.54, 1.807) is 36.4 Å². The number of hydrogen-bond donors (Lipinski definition) is 0. The summed E-state index contributed by atoms with van der Waals surface area (Å²) in [7, 11) is 0. The first-order chi connectivity index (χ1) is 18.4. The first kappa shape index (κ1) is 24.6. The Morgan fingerprint density at radius 3 is 1.32 bits per heavy atom. The summed E-state index contributed by atoms with van der Waals surface area (Å²) in [6.07, 6.45) is 7.33. The van der Waals surface area contributed by atoms with Crippen LogP contribution in [0.4, 0.5) is 0 Å². The lowest BCUT2D eigenvalue weighted by atomic mass is 10.1. The number of hydrogen-bond acceptors (Lipinski definition) is 6. The third-order valence-electron chi connectivity index (χ3n) is 5.74. The van der Waals surface area contributed by atoms with Gasteiger partial charge in [0.2, 0.25) is 11.8 Å². The molecule has 3 aromatic carbocycles. The van der Waals surface area contributed by atoms with Gasteiger partial charge in [-0.2, -0.15) is 0 Å². The molecule has 0 radical (unpaired) electrons. The number of nitrogens with zero attached hydrogens (tertiary/aromatic N) is 2. The van der Waals surface area contributed by atoms with Gasteiger partial charge in [-0.05, 0) is 72.5 Å². The van der Waals surface area contributed by atoms with Crippen LogP contribution in [0.2, 0.25) is 0 Å². The maximum absolute atomic E-state index is 12.4. The fourth-order valence-electron chi connectivity index (χ4n) is 3.96. The number of allylic oxidation sites excluding steroid dienone is 4. The Labute approximate surface area is 220 Å². The lowest BCUT2D eigenvalue weighted by Gasteiger charge is -2.02. The number of rotatable bonds is 6. The lowest BCUT2D eigenvalue weighted by molar-refractivity contribution is -0.130. The molecule has 5 rings (SSSR count). The van der Waals surface area contributed by atoms with E-state index in [2.05, 4.69) is 9.98 Å². The summed E-state index contributed by atoms with van der Waals surface area (Å²) in [6, 6.07) is 26.6. The Balaban J connectivity index is 1.32. The van der Waals surface area contributed by atoms with Crippen molar-refractivity contribution in [2.24, 2.45) is 9.98 Å². The van der Waals surface area contributed by atoms with Crippen molar-refractivity contribution < 1.29 is 19.1 Å². The second-order valence-corrected chi connectivity index (χ2v) is 8.85. The van der Waals surface area contributed by atoms with E-state index < -0.39 is 11.9 Å². The Hall–Kier alpha value is -5.10. The average Bonchev–Trinajstić information content (AvgIpc) is 3.47. The molecule has 2 heterocycles. The van der Waals surface area contributed by atoms with Crippen LogP contribution in [0.15, 0.2) is 130 Å². The largest absolute Gasteiger partial charge is 0.402 e. The first-order valence-corrected chi connectivity index (χ1v) is 12.1. The highest BCUT2D eigenvalue weighted by Gasteiger charge is 2.26. The van der Waals surface area contributed by atoms with Crippen LogP contribution in [0.3, 0.4) is 0 Å². The molecule has 186 valence electrons. The van der Waals surface area contributed by atoms with Crippen LogP contribution in [0.5, 0.6) is 0 Å². The summed E-state index contributed by atoms with van der Waals surface area (Å²) in [4.78, 5) is 33.5. The number of carbonyl (C=O) groups excluding carboxylic acids is 2. The van der Waals surface area contributed by atoms with Crippen molar-refractivity contribution in [1.29, 1.82) is 0 Å². The zero-order chi connectivity index (χ0) is 26.5. The van der Waals surface area contributed by atoms with Crippen LogP contribution < -0.4 is 0 Å². The van der Waals surface area contributed by atoms with Crippen LogP contribution >= 0.6 is 0 Å². The zero-order valence-corrected chi connectivity index (χ0v) is 20.9. The van der Waals surface area contributed by atoms with E-state index in [4.69, 9.17) is 9.47 Å². The molecule has 0 saturated heterocycles. The standard InChI is InChI=1S/C32H24N2O4/c1-21(17-23-9-5-3-6-10-23)19-27-31(35)37-29(33-27)25-13-15-26(16-14-25)30-34-28(32(36)38-30)20-22(2)18-24-11-7-4-8-12-24/h3-20H,1-2H3/b21-17+,22-18+,27-19+,28-20+. The Morgan fingerprint density at radius 2 is 0.947 bits per heavy atom. The van der Waals surface area contributed by atoms with Crippen LogP contribution in [-0.2, 0) is 19.1 Å². The van der Waals surface area contributed by atoms with Gasteiger partial charge in [-0.25, -0.2) is 19.6 Å². The number of aliphatic imine (C=N–C) groups is 2. The van der Waals surface area contributed by atoms with Crippen LogP contribution in [0.25, 0.3) is 12.2 Å². The maximum atomic E-state index is 12.4. The van der Waals surface area contributed by atoms with Gasteiger partial charge in [0.25, 0.3) is 0 Å². The quantitative estimate of drug-likeness (QED) is 0.295. The van der Waals surface area contributed by atoms with Crippen molar-refractivity contribution in [3.8, 4) is 0 Å². The zero-order valence-electron chi connectivity index (χ0n) is 20.9. The molecule has 3 aromatic rings. The third-order valence-corrected chi connectivity index (χ3v) is 5.74. The predicted molar refractivity (Wildman–Crippen MR) is 148 cm³/mol. The number of ether oxygens (including phenoxy) is 2. The molecule has 0 saturated carbocycles. The van der Waals surface area contributed by atoms with E-state index in [0.29, 0.717) is 11.1 Å². The van der Waals surface area contributed by atoms with Gasteiger partial charge in [0, 0.05) is 11.1 Å². The van der Waals surface area contributed by atoms with Gasteiger partial charge >= 0.3 is 11.9 Å². The SMILES string of the molecule is CC(=C\c1ccccc1)/C=C1/N=C(c2ccc(C3=N/C(=C/C(C)=C/c4ccccc4)C(=O)O3)cc2)OC1=O. The molecule has 0 fully saturated rings. The summed E-state index contributed by atoms with van der Waals surface area (Å²) in [5.74, 6) is -0.582. The number of esters is 2. The topological polar surface area (TPSA) is 77.3 Å². The molecule has 0 atom stereocenters. The summed E-state index contributed by atoms with van der Waals surface area (Å²) < 4.78 is 10.8. The smallest absolute Gasteiger partial charge is 0.363 e. The minimum Gasteiger partial charge on any atom is -0.402 e. The minimum absolute atomic E-state index is 0.216. The van der Waals surface area contributed by atoms with Crippen molar-refractivity contribution >= 4 is 35.9 Å².